The van der Waals surface area contributed by atoms with Crippen LogP contribution in [-0.2, 0) is 4.74 Å². The Kier molecular flexibility index (Phi) is 4.80. The molecule has 1 aliphatic rings. The molecule has 1 amide bonds. The van der Waals surface area contributed by atoms with Crippen LogP contribution in [0.25, 0.3) is 0 Å². The quantitative estimate of drug-likeness (QED) is 0.647. The van der Waals surface area contributed by atoms with Crippen LogP contribution in [0, 0.1) is 5.92 Å². The van der Waals surface area contributed by atoms with E-state index >= 15 is 0 Å². The molecule has 0 aliphatic heterocycles. The monoisotopic (exact) mass is 288 g/mol. The molecule has 0 aromatic carbocycles. The Labute approximate surface area is 116 Å². The molecule has 6 heteroatoms. The molecule has 1 aromatic rings. The van der Waals surface area contributed by atoms with Crippen molar-refractivity contribution in [1.82, 2.24) is 10.3 Å². The van der Waals surface area contributed by atoms with Gasteiger partial charge in [-0.05, 0) is 30.9 Å². The summed E-state index contributed by atoms with van der Waals surface area (Å²) in [5, 5.41) is 3.22. The van der Waals surface area contributed by atoms with E-state index in [-0.39, 0.29) is 21.8 Å². The third-order valence-electron chi connectivity index (χ3n) is 2.61. The molecule has 4 nitrogen and oxygen atoms in total. The van der Waals surface area contributed by atoms with Gasteiger partial charge in [0.15, 0.2) is 0 Å². The van der Waals surface area contributed by atoms with Crippen molar-refractivity contribution in [3.8, 4) is 0 Å². The predicted octanol–water partition coefficient (Wildman–Crippen LogP) is 2.54. The fourth-order valence-electron chi connectivity index (χ4n) is 1.43. The lowest BCUT2D eigenvalue weighted by molar-refractivity contribution is 0.0902. The van der Waals surface area contributed by atoms with E-state index in [9.17, 15) is 4.79 Å². The fourth-order valence-corrected chi connectivity index (χ4v) is 1.77. The maximum atomic E-state index is 11.8. The van der Waals surface area contributed by atoms with Gasteiger partial charge in [0.05, 0.1) is 11.6 Å². The number of nitrogens with one attached hydrogen (secondary N) is 1. The summed E-state index contributed by atoms with van der Waals surface area (Å²) < 4.78 is 5.40. The van der Waals surface area contributed by atoms with E-state index in [1.54, 1.807) is 12.1 Å². The van der Waals surface area contributed by atoms with E-state index in [4.69, 9.17) is 27.9 Å². The van der Waals surface area contributed by atoms with Crippen LogP contribution >= 0.6 is 23.2 Å². The second kappa shape index (κ2) is 6.36. The zero-order valence-corrected chi connectivity index (χ0v) is 11.3. The molecule has 1 N–H and O–H groups in total. The van der Waals surface area contributed by atoms with Gasteiger partial charge in [-0.25, -0.2) is 4.98 Å². The molecule has 18 heavy (non-hydrogen) atoms. The van der Waals surface area contributed by atoms with Crippen molar-refractivity contribution in [2.75, 3.05) is 19.8 Å². The van der Waals surface area contributed by atoms with Gasteiger partial charge in [-0.1, -0.05) is 23.2 Å². The Morgan fingerprint density at radius 2 is 2.22 bits per heavy atom. The van der Waals surface area contributed by atoms with Crippen molar-refractivity contribution in [3.63, 3.8) is 0 Å². The summed E-state index contributed by atoms with van der Waals surface area (Å²) in [5.74, 6) is 0.391. The lowest BCUT2D eigenvalue weighted by Gasteiger charge is -2.06. The van der Waals surface area contributed by atoms with Gasteiger partial charge in [0.25, 0.3) is 5.91 Å². The molecule has 0 bridgehead atoms. The molecule has 0 spiro atoms. The van der Waals surface area contributed by atoms with Crippen molar-refractivity contribution in [2.24, 2.45) is 5.92 Å². The minimum Gasteiger partial charge on any atom is -0.379 e. The predicted molar refractivity (Wildman–Crippen MR) is 70.1 cm³/mol. The highest BCUT2D eigenvalue weighted by Crippen LogP contribution is 2.28. The zero-order valence-electron chi connectivity index (χ0n) is 9.79. The minimum absolute atomic E-state index is 0.145. The SMILES string of the molecule is O=C(NCCOCC1CC1)c1nc(Cl)ccc1Cl. The number of halogens is 2. The molecular formula is C12H14Cl2N2O2. The van der Waals surface area contributed by atoms with E-state index in [0.29, 0.717) is 13.2 Å². The van der Waals surface area contributed by atoms with E-state index in [1.165, 1.54) is 12.8 Å². The van der Waals surface area contributed by atoms with Crippen LogP contribution in [0.2, 0.25) is 10.2 Å². The summed E-state index contributed by atoms with van der Waals surface area (Å²) >= 11 is 11.6. The third-order valence-corrected chi connectivity index (χ3v) is 3.13. The average Bonchev–Trinajstić information content (AvgIpc) is 3.15. The Morgan fingerprint density at radius 1 is 1.44 bits per heavy atom. The van der Waals surface area contributed by atoms with Crippen LogP contribution in [0.15, 0.2) is 12.1 Å². The smallest absolute Gasteiger partial charge is 0.271 e. The topological polar surface area (TPSA) is 51.2 Å². The summed E-state index contributed by atoms with van der Waals surface area (Å²) in [7, 11) is 0. The maximum Gasteiger partial charge on any atom is 0.271 e. The molecule has 2 rings (SSSR count). The highest BCUT2D eigenvalue weighted by atomic mass is 35.5. The van der Waals surface area contributed by atoms with E-state index in [1.807, 2.05) is 0 Å². The summed E-state index contributed by atoms with van der Waals surface area (Å²) in [6.45, 7) is 1.72. The number of amides is 1. The fraction of sp³-hybridized carbons (Fsp3) is 0.500. The van der Waals surface area contributed by atoms with Crippen molar-refractivity contribution in [2.45, 2.75) is 12.8 Å². The van der Waals surface area contributed by atoms with Crippen LogP contribution in [0.4, 0.5) is 0 Å². The molecule has 0 unspecified atom stereocenters. The highest BCUT2D eigenvalue weighted by molar-refractivity contribution is 6.34. The number of aromatic nitrogens is 1. The number of rotatable bonds is 6. The average molecular weight is 289 g/mol. The second-order valence-electron chi connectivity index (χ2n) is 4.24. The van der Waals surface area contributed by atoms with Crippen molar-refractivity contribution in [1.29, 1.82) is 0 Å². The molecule has 1 saturated carbocycles. The van der Waals surface area contributed by atoms with E-state index in [2.05, 4.69) is 10.3 Å². The highest BCUT2D eigenvalue weighted by Gasteiger charge is 2.21. The number of hydrogen-bond donors (Lipinski definition) is 1. The zero-order chi connectivity index (χ0) is 13.0. The van der Waals surface area contributed by atoms with Gasteiger partial charge in [-0.15, -0.1) is 0 Å². The Morgan fingerprint density at radius 3 is 2.94 bits per heavy atom. The second-order valence-corrected chi connectivity index (χ2v) is 5.03. The minimum atomic E-state index is -0.336. The van der Waals surface area contributed by atoms with Crippen LogP contribution in [0.5, 0.6) is 0 Å². The maximum absolute atomic E-state index is 11.8. The molecule has 0 saturated heterocycles. The molecule has 1 heterocycles. The van der Waals surface area contributed by atoms with Gasteiger partial charge in [0, 0.05) is 13.2 Å². The molecule has 0 atom stereocenters. The van der Waals surface area contributed by atoms with Crippen LogP contribution in [0.3, 0.4) is 0 Å². The van der Waals surface area contributed by atoms with E-state index < -0.39 is 0 Å². The number of nitrogens with zero attached hydrogens (tertiary/aromatic N) is 1. The van der Waals surface area contributed by atoms with Gasteiger partial charge in [0.1, 0.15) is 10.8 Å². The molecular weight excluding hydrogens is 275 g/mol. The molecule has 0 radical (unpaired) electrons. The van der Waals surface area contributed by atoms with Crippen molar-refractivity contribution >= 4 is 29.1 Å². The normalized spacial score (nSPS) is 14.6. The van der Waals surface area contributed by atoms with Gasteiger partial charge >= 0.3 is 0 Å². The first-order valence-corrected chi connectivity index (χ1v) is 6.60. The third kappa shape index (κ3) is 4.12. The van der Waals surface area contributed by atoms with E-state index in [0.717, 1.165) is 12.5 Å². The molecule has 1 aliphatic carbocycles. The molecule has 1 aromatic heterocycles. The number of carbonyl (C=O) groups excluding carboxylic acids is 1. The molecule has 1 fully saturated rings. The summed E-state index contributed by atoms with van der Waals surface area (Å²) in [5.41, 5.74) is 0.145. The first-order valence-electron chi connectivity index (χ1n) is 5.85. The lowest BCUT2D eigenvalue weighted by atomic mass is 10.3. The number of pyridine rings is 1. The van der Waals surface area contributed by atoms with Gasteiger partial charge in [0.2, 0.25) is 0 Å². The Balaban J connectivity index is 1.74. The number of ether oxygens (including phenoxy) is 1. The largest absolute Gasteiger partial charge is 0.379 e. The Hall–Kier alpha value is -0.840. The van der Waals surface area contributed by atoms with Crippen molar-refractivity contribution < 1.29 is 9.53 Å². The number of hydrogen-bond acceptors (Lipinski definition) is 3. The number of carbonyl (C=O) groups is 1. The first kappa shape index (κ1) is 13.6. The summed E-state index contributed by atoms with van der Waals surface area (Å²) in [4.78, 5) is 15.6. The summed E-state index contributed by atoms with van der Waals surface area (Å²) in [6.07, 6.45) is 2.52. The molecule has 98 valence electrons. The first-order chi connectivity index (χ1) is 8.66. The van der Waals surface area contributed by atoms with Gasteiger partial charge < -0.3 is 10.1 Å². The lowest BCUT2D eigenvalue weighted by Crippen LogP contribution is -2.28. The standard InChI is InChI=1S/C12H14Cl2N2O2/c13-9-3-4-10(14)16-11(9)12(17)15-5-6-18-7-8-1-2-8/h3-4,8H,1-2,5-7H2,(H,15,17). The van der Waals surface area contributed by atoms with Crippen molar-refractivity contribution in [3.05, 3.63) is 28.0 Å². The van der Waals surface area contributed by atoms with Crippen LogP contribution in [-0.4, -0.2) is 30.6 Å². The van der Waals surface area contributed by atoms with Crippen LogP contribution < -0.4 is 5.32 Å². The van der Waals surface area contributed by atoms with Gasteiger partial charge in [-0.3, -0.25) is 4.79 Å². The van der Waals surface area contributed by atoms with Crippen LogP contribution in [0.1, 0.15) is 23.3 Å². The Bertz CT molecular complexity index is 436. The summed E-state index contributed by atoms with van der Waals surface area (Å²) in [6, 6.07) is 3.09. The van der Waals surface area contributed by atoms with Gasteiger partial charge in [-0.2, -0.15) is 0 Å².